The van der Waals surface area contributed by atoms with Gasteiger partial charge in [0.1, 0.15) is 17.7 Å². The summed E-state index contributed by atoms with van der Waals surface area (Å²) >= 11 is 0. The summed E-state index contributed by atoms with van der Waals surface area (Å²) in [7, 11) is 0. The molecule has 1 N–H and O–H groups in total. The van der Waals surface area contributed by atoms with Gasteiger partial charge in [-0.2, -0.15) is 5.26 Å². The summed E-state index contributed by atoms with van der Waals surface area (Å²) in [6.07, 6.45) is 9.37. The number of fused-ring (bicyclic) bond motifs is 7. The van der Waals surface area contributed by atoms with Gasteiger partial charge in [0.15, 0.2) is 5.69 Å². The number of nitrogens with one attached hydrogen (secondary N) is 1. The van der Waals surface area contributed by atoms with E-state index in [0.29, 0.717) is 5.56 Å². The Labute approximate surface area is 161 Å². The van der Waals surface area contributed by atoms with Crippen molar-refractivity contribution in [2.24, 2.45) is 0 Å². The fourth-order valence-electron chi connectivity index (χ4n) is 4.29. The van der Waals surface area contributed by atoms with Gasteiger partial charge in [-0.25, -0.2) is 0 Å². The number of nitriles is 1. The molecule has 1 aliphatic carbocycles. The van der Waals surface area contributed by atoms with Crippen molar-refractivity contribution in [1.82, 2.24) is 9.55 Å². The van der Waals surface area contributed by atoms with Crippen LogP contribution in [0.15, 0.2) is 66.7 Å². The molecule has 0 bridgehead atoms. The highest BCUT2D eigenvalue weighted by atomic mass is 15.0. The van der Waals surface area contributed by atoms with E-state index in [9.17, 15) is 5.26 Å². The number of nitrogens with zero attached hydrogens (tertiary/aromatic N) is 2. The van der Waals surface area contributed by atoms with E-state index in [1.54, 1.807) is 0 Å². The first-order valence-corrected chi connectivity index (χ1v) is 9.19. The predicted molar refractivity (Wildman–Crippen MR) is 114 cm³/mol. The van der Waals surface area contributed by atoms with Crippen molar-refractivity contribution < 1.29 is 0 Å². The molecule has 0 spiro atoms. The third-order valence-electron chi connectivity index (χ3n) is 5.49. The second-order valence-electron chi connectivity index (χ2n) is 6.99. The number of aromatic amines is 1. The molecule has 6 rings (SSSR count). The molecule has 0 aliphatic heterocycles. The van der Waals surface area contributed by atoms with Crippen molar-refractivity contribution in [3.63, 3.8) is 0 Å². The topological polar surface area (TPSA) is 44.5 Å². The van der Waals surface area contributed by atoms with E-state index in [1.807, 2.05) is 30.3 Å². The summed E-state index contributed by atoms with van der Waals surface area (Å²) in [5.41, 5.74) is 7.36. The lowest BCUT2D eigenvalue weighted by molar-refractivity contribution is 1.10. The lowest BCUT2D eigenvalue weighted by Gasteiger charge is -2.06. The summed E-state index contributed by atoms with van der Waals surface area (Å²) in [5, 5.41) is 12.7. The molecule has 0 unspecified atom stereocenters. The molecule has 0 fully saturated rings. The zero-order valence-electron chi connectivity index (χ0n) is 14.9. The number of H-pyrrole nitrogens is 1. The van der Waals surface area contributed by atoms with E-state index in [2.05, 4.69) is 70.2 Å². The lowest BCUT2D eigenvalue weighted by Crippen LogP contribution is -1.97. The van der Waals surface area contributed by atoms with Gasteiger partial charge in [-0.1, -0.05) is 24.3 Å². The van der Waals surface area contributed by atoms with Crippen molar-refractivity contribution in [2.45, 2.75) is 0 Å². The molecule has 0 amide bonds. The van der Waals surface area contributed by atoms with Crippen LogP contribution >= 0.6 is 0 Å². The van der Waals surface area contributed by atoms with Gasteiger partial charge in [-0.3, -0.25) is 4.57 Å². The Balaban J connectivity index is 1.81. The highest BCUT2D eigenvalue weighted by molar-refractivity contribution is 6.19. The normalized spacial score (nSPS) is 12.4. The van der Waals surface area contributed by atoms with Gasteiger partial charge < -0.3 is 4.98 Å². The predicted octanol–water partition coefficient (Wildman–Crippen LogP) is 5.98. The summed E-state index contributed by atoms with van der Waals surface area (Å²) in [6, 6.07) is 22.8. The van der Waals surface area contributed by atoms with Crippen LogP contribution in [0.5, 0.6) is 0 Å². The second kappa shape index (κ2) is 5.44. The Hall–Kier alpha value is -4.12. The Morgan fingerprint density at radius 2 is 1.82 bits per heavy atom. The first-order chi connectivity index (χ1) is 13.8. The van der Waals surface area contributed by atoms with Gasteiger partial charge in [-0.15, -0.1) is 0 Å². The Kier molecular flexibility index (Phi) is 2.91. The average molecular weight is 356 g/mol. The summed E-state index contributed by atoms with van der Waals surface area (Å²) in [4.78, 5) is 3.57. The maximum atomic E-state index is 9.24. The van der Waals surface area contributed by atoms with Gasteiger partial charge in [0, 0.05) is 28.1 Å². The third-order valence-corrected chi connectivity index (χ3v) is 5.49. The minimum Gasteiger partial charge on any atom is -0.353 e. The van der Waals surface area contributed by atoms with Crippen LogP contribution < -0.4 is 0 Å². The van der Waals surface area contributed by atoms with E-state index in [1.165, 1.54) is 16.3 Å². The summed E-state index contributed by atoms with van der Waals surface area (Å²) in [5.74, 6) is 0. The van der Waals surface area contributed by atoms with E-state index in [4.69, 9.17) is 0 Å². The van der Waals surface area contributed by atoms with Gasteiger partial charge in [-0.05, 0) is 36.4 Å². The van der Waals surface area contributed by atoms with Crippen LogP contribution in [-0.2, 0) is 0 Å². The Morgan fingerprint density at radius 3 is 2.68 bits per heavy atom. The molecule has 2 heterocycles. The molecule has 3 heteroatoms. The summed E-state index contributed by atoms with van der Waals surface area (Å²) < 4.78 is 2.30. The maximum Gasteiger partial charge on any atom is 0.168 e. The van der Waals surface area contributed by atoms with E-state index in [0.717, 1.165) is 33.3 Å². The number of hydrogen-bond acceptors (Lipinski definition) is 1. The largest absolute Gasteiger partial charge is 0.353 e. The monoisotopic (exact) mass is 356 g/mol. The molecule has 3 aromatic carbocycles. The number of aromatic nitrogens is 2. The van der Waals surface area contributed by atoms with Crippen LogP contribution in [-0.4, -0.2) is 9.55 Å². The minimum absolute atomic E-state index is 0.662. The zero-order chi connectivity index (χ0) is 18.7. The molecule has 0 saturated carbocycles. The lowest BCUT2D eigenvalue weighted by atomic mass is 10.0. The van der Waals surface area contributed by atoms with Gasteiger partial charge in [0.05, 0.1) is 34.1 Å². The zero-order valence-corrected chi connectivity index (χ0v) is 14.9. The standard InChI is InChI=1S/C25H14N3/c26-15-16-10-11-18-19-12-13-23-24(25(19)27-21(18)14-16)20-8-4-5-9-22(20)28(23)17-6-2-1-3-7-17/h1-3,5-14,27H/q+1. The summed E-state index contributed by atoms with van der Waals surface area (Å²) in [6.45, 7) is 0. The fraction of sp³-hybridized carbons (Fsp3) is 0. The smallest absolute Gasteiger partial charge is 0.168 e. The van der Waals surface area contributed by atoms with Crippen LogP contribution in [0.4, 0.5) is 0 Å². The number of allylic oxidation sites excluding steroid dienone is 2. The van der Waals surface area contributed by atoms with Crippen LogP contribution in [0.25, 0.3) is 50.5 Å². The molecule has 128 valence electrons. The van der Waals surface area contributed by atoms with Crippen molar-refractivity contribution in [2.75, 3.05) is 0 Å². The van der Waals surface area contributed by atoms with Crippen LogP contribution in [0.2, 0.25) is 0 Å². The van der Waals surface area contributed by atoms with E-state index in [-0.39, 0.29) is 0 Å². The van der Waals surface area contributed by atoms with Gasteiger partial charge in [0.2, 0.25) is 0 Å². The van der Waals surface area contributed by atoms with Crippen molar-refractivity contribution in [1.29, 1.82) is 5.26 Å². The highest BCUT2D eigenvalue weighted by Gasteiger charge is 2.25. The van der Waals surface area contributed by atoms with Crippen molar-refractivity contribution in [3.05, 3.63) is 89.6 Å². The number of rotatable bonds is 1. The molecule has 2 aromatic heterocycles. The first kappa shape index (κ1) is 15.0. The number of benzene rings is 3. The highest BCUT2D eigenvalue weighted by Crippen LogP contribution is 2.39. The van der Waals surface area contributed by atoms with E-state index >= 15 is 0 Å². The first-order valence-electron chi connectivity index (χ1n) is 9.19. The molecule has 28 heavy (non-hydrogen) atoms. The van der Waals surface area contributed by atoms with E-state index < -0.39 is 0 Å². The molecule has 5 aromatic rings. The number of hydrogen-bond donors (Lipinski definition) is 1. The van der Waals surface area contributed by atoms with Gasteiger partial charge >= 0.3 is 0 Å². The molecule has 0 radical (unpaired) electrons. The fourth-order valence-corrected chi connectivity index (χ4v) is 4.29. The number of para-hydroxylation sites is 1. The van der Waals surface area contributed by atoms with Crippen molar-refractivity contribution >= 4 is 44.9 Å². The SMILES string of the molecule is N#Cc1ccc2c(c1)[nH]c1c2ccc2c1c1c(n2-c2ccccc2)C=C[C+]=C1. The molecule has 1 aliphatic rings. The molecule has 3 nitrogen and oxygen atoms in total. The minimum atomic E-state index is 0.662. The molecule has 0 saturated heterocycles. The van der Waals surface area contributed by atoms with Crippen molar-refractivity contribution in [3.8, 4) is 11.8 Å². The molecule has 0 atom stereocenters. The average Bonchev–Trinajstić information content (AvgIpc) is 3.29. The van der Waals surface area contributed by atoms with Crippen LogP contribution in [0, 0.1) is 17.4 Å². The Bertz CT molecular complexity index is 1500. The Morgan fingerprint density at radius 1 is 0.964 bits per heavy atom. The maximum absolute atomic E-state index is 9.24. The molecular weight excluding hydrogens is 342 g/mol. The quantitative estimate of drug-likeness (QED) is 0.369. The third kappa shape index (κ3) is 1.90. The second-order valence-corrected chi connectivity index (χ2v) is 6.99. The van der Waals surface area contributed by atoms with Crippen LogP contribution in [0.3, 0.4) is 0 Å². The molecular formula is C25H14N3+. The van der Waals surface area contributed by atoms with Crippen LogP contribution in [0.1, 0.15) is 16.8 Å². The van der Waals surface area contributed by atoms with Gasteiger partial charge in [0.25, 0.3) is 0 Å².